The summed E-state index contributed by atoms with van der Waals surface area (Å²) < 4.78 is 1.01. The molecule has 0 aliphatic rings. The maximum absolute atomic E-state index is 11.3. The predicted molar refractivity (Wildman–Crippen MR) is 86.2 cm³/mol. The zero-order chi connectivity index (χ0) is 15.0. The van der Waals surface area contributed by atoms with Gasteiger partial charge in [0.25, 0.3) is 0 Å². The number of thioether (sulfide) groups is 1. The highest BCUT2D eigenvalue weighted by Crippen LogP contribution is 2.26. The molecule has 4 nitrogen and oxygen atoms in total. The first-order valence-electron chi connectivity index (χ1n) is 6.71. The van der Waals surface area contributed by atoms with Gasteiger partial charge in [-0.2, -0.15) is 0 Å². The first kappa shape index (κ1) is 17.5. The van der Waals surface area contributed by atoms with Gasteiger partial charge in [0.15, 0.2) is 0 Å². The fourth-order valence-electron chi connectivity index (χ4n) is 1.89. The van der Waals surface area contributed by atoms with Crippen LogP contribution in [0.25, 0.3) is 0 Å². The standard InChI is InChI=1S/C14H21BrN2O2S/c1-3-17-14(2,13(18)19)8-4-5-10-20-12-11(15)7-6-9-16-12/h6-7,9,17H,3-5,8,10H2,1-2H3,(H,18,19). The number of likely N-dealkylation sites (N-methyl/N-ethyl adjacent to an activating group) is 1. The Labute approximate surface area is 132 Å². The molecule has 0 aromatic carbocycles. The fourth-order valence-corrected chi connectivity index (χ4v) is 3.37. The van der Waals surface area contributed by atoms with Crippen LogP contribution in [0.3, 0.4) is 0 Å². The molecule has 0 spiro atoms. The average Bonchev–Trinajstić information content (AvgIpc) is 2.40. The van der Waals surface area contributed by atoms with Crippen LogP contribution in [-0.4, -0.2) is 33.9 Å². The second kappa shape index (κ2) is 8.64. The Morgan fingerprint density at radius 2 is 2.30 bits per heavy atom. The monoisotopic (exact) mass is 360 g/mol. The Hall–Kier alpha value is -0.590. The molecule has 0 aliphatic heterocycles. The summed E-state index contributed by atoms with van der Waals surface area (Å²) in [6, 6.07) is 3.87. The highest BCUT2D eigenvalue weighted by Gasteiger charge is 2.30. The number of unbranched alkanes of at least 4 members (excludes halogenated alkanes) is 1. The minimum atomic E-state index is -0.814. The summed E-state index contributed by atoms with van der Waals surface area (Å²) in [5, 5.41) is 13.3. The van der Waals surface area contributed by atoms with E-state index in [4.69, 9.17) is 0 Å². The number of nitrogens with zero attached hydrogens (tertiary/aromatic N) is 1. The normalized spacial score (nSPS) is 13.9. The van der Waals surface area contributed by atoms with E-state index >= 15 is 0 Å². The topological polar surface area (TPSA) is 62.2 Å². The Bertz CT molecular complexity index is 445. The van der Waals surface area contributed by atoms with Crippen LogP contribution in [0.4, 0.5) is 0 Å². The maximum Gasteiger partial charge on any atom is 0.323 e. The summed E-state index contributed by atoms with van der Waals surface area (Å²) in [5.74, 6) is 0.164. The van der Waals surface area contributed by atoms with Crippen molar-refractivity contribution in [3.05, 3.63) is 22.8 Å². The number of carbonyl (C=O) groups is 1. The molecule has 0 saturated carbocycles. The van der Waals surface area contributed by atoms with Gasteiger partial charge in [0.1, 0.15) is 10.6 Å². The van der Waals surface area contributed by atoms with Crippen LogP contribution in [0.15, 0.2) is 27.8 Å². The summed E-state index contributed by atoms with van der Waals surface area (Å²) in [6.45, 7) is 4.34. The van der Waals surface area contributed by atoms with Gasteiger partial charge in [0.2, 0.25) is 0 Å². The summed E-state index contributed by atoms with van der Waals surface area (Å²) in [5.41, 5.74) is -0.814. The summed E-state index contributed by atoms with van der Waals surface area (Å²) >= 11 is 5.16. The molecule has 1 unspecified atom stereocenters. The lowest BCUT2D eigenvalue weighted by atomic mass is 9.95. The molecule has 1 aromatic heterocycles. The van der Waals surface area contributed by atoms with Gasteiger partial charge in [-0.1, -0.05) is 13.3 Å². The van der Waals surface area contributed by atoms with Crippen LogP contribution in [0.1, 0.15) is 33.1 Å². The molecule has 2 N–H and O–H groups in total. The molecule has 1 atom stereocenters. The second-order valence-electron chi connectivity index (χ2n) is 4.76. The van der Waals surface area contributed by atoms with Crippen molar-refractivity contribution in [1.82, 2.24) is 10.3 Å². The number of nitrogens with one attached hydrogen (secondary N) is 1. The number of aliphatic carboxylic acids is 1. The number of rotatable bonds is 9. The van der Waals surface area contributed by atoms with E-state index in [2.05, 4.69) is 26.2 Å². The van der Waals surface area contributed by atoms with Crippen LogP contribution >= 0.6 is 27.7 Å². The lowest BCUT2D eigenvalue weighted by Gasteiger charge is -2.25. The van der Waals surface area contributed by atoms with Crippen LogP contribution in [0.2, 0.25) is 0 Å². The molecule has 0 aliphatic carbocycles. The lowest BCUT2D eigenvalue weighted by molar-refractivity contribution is -0.144. The Kier molecular flexibility index (Phi) is 7.55. The van der Waals surface area contributed by atoms with E-state index in [1.54, 1.807) is 24.9 Å². The molecule has 0 bridgehead atoms. The van der Waals surface area contributed by atoms with Crippen molar-refractivity contribution >= 4 is 33.7 Å². The minimum absolute atomic E-state index is 0.639. The molecule has 1 aromatic rings. The van der Waals surface area contributed by atoms with Crippen molar-refractivity contribution in [3.8, 4) is 0 Å². The zero-order valence-electron chi connectivity index (χ0n) is 11.9. The Morgan fingerprint density at radius 1 is 1.55 bits per heavy atom. The summed E-state index contributed by atoms with van der Waals surface area (Å²) in [7, 11) is 0. The molecular formula is C14H21BrN2O2S. The van der Waals surface area contributed by atoms with Crippen molar-refractivity contribution in [2.45, 2.75) is 43.7 Å². The smallest absolute Gasteiger partial charge is 0.323 e. The largest absolute Gasteiger partial charge is 0.480 e. The molecule has 1 heterocycles. The van der Waals surface area contributed by atoms with Gasteiger partial charge < -0.3 is 10.4 Å². The van der Waals surface area contributed by atoms with Crippen molar-refractivity contribution in [1.29, 1.82) is 0 Å². The molecule has 6 heteroatoms. The molecule has 0 amide bonds. The molecule has 0 saturated heterocycles. The van der Waals surface area contributed by atoms with Crippen LogP contribution in [-0.2, 0) is 4.79 Å². The molecule has 20 heavy (non-hydrogen) atoms. The van der Waals surface area contributed by atoms with E-state index in [9.17, 15) is 9.90 Å². The number of aromatic nitrogens is 1. The van der Waals surface area contributed by atoms with Crippen LogP contribution in [0, 0.1) is 0 Å². The number of halogens is 1. The van der Waals surface area contributed by atoms with Crippen LogP contribution in [0.5, 0.6) is 0 Å². The first-order valence-corrected chi connectivity index (χ1v) is 8.49. The second-order valence-corrected chi connectivity index (χ2v) is 6.70. The molecular weight excluding hydrogens is 340 g/mol. The number of hydrogen-bond donors (Lipinski definition) is 2. The molecule has 0 radical (unpaired) electrons. The molecule has 112 valence electrons. The number of hydrogen-bond acceptors (Lipinski definition) is 4. The van der Waals surface area contributed by atoms with Gasteiger partial charge in [-0.05, 0) is 60.1 Å². The van der Waals surface area contributed by atoms with Gasteiger partial charge >= 0.3 is 5.97 Å². The van der Waals surface area contributed by atoms with Gasteiger partial charge in [0, 0.05) is 10.7 Å². The van der Waals surface area contributed by atoms with E-state index in [1.807, 2.05) is 19.1 Å². The Balaban J connectivity index is 2.31. The highest BCUT2D eigenvalue weighted by molar-refractivity contribution is 9.10. The Morgan fingerprint density at radius 3 is 2.90 bits per heavy atom. The first-order chi connectivity index (χ1) is 9.49. The van der Waals surface area contributed by atoms with Gasteiger partial charge in [-0.3, -0.25) is 4.79 Å². The maximum atomic E-state index is 11.3. The van der Waals surface area contributed by atoms with Crippen LogP contribution < -0.4 is 5.32 Å². The third kappa shape index (κ3) is 5.42. The predicted octanol–water partition coefficient (Wildman–Crippen LogP) is 3.56. The van der Waals surface area contributed by atoms with E-state index in [0.29, 0.717) is 13.0 Å². The van der Waals surface area contributed by atoms with E-state index in [1.165, 1.54) is 0 Å². The van der Waals surface area contributed by atoms with Crippen molar-refractivity contribution in [2.75, 3.05) is 12.3 Å². The fraction of sp³-hybridized carbons (Fsp3) is 0.571. The van der Waals surface area contributed by atoms with Gasteiger partial charge in [0.05, 0.1) is 0 Å². The number of pyridine rings is 1. The van der Waals surface area contributed by atoms with Crippen molar-refractivity contribution in [3.63, 3.8) is 0 Å². The van der Waals surface area contributed by atoms with E-state index < -0.39 is 11.5 Å². The highest BCUT2D eigenvalue weighted by atomic mass is 79.9. The zero-order valence-corrected chi connectivity index (χ0v) is 14.3. The summed E-state index contributed by atoms with van der Waals surface area (Å²) in [6.07, 6.45) is 4.27. The third-order valence-corrected chi connectivity index (χ3v) is 5.07. The van der Waals surface area contributed by atoms with Crippen molar-refractivity contribution < 1.29 is 9.90 Å². The van der Waals surface area contributed by atoms with Gasteiger partial charge in [-0.15, -0.1) is 11.8 Å². The van der Waals surface area contributed by atoms with E-state index in [-0.39, 0.29) is 0 Å². The SMILES string of the molecule is CCNC(C)(CCCCSc1ncccc1Br)C(=O)O. The van der Waals surface area contributed by atoms with Crippen molar-refractivity contribution in [2.24, 2.45) is 0 Å². The third-order valence-electron chi connectivity index (χ3n) is 3.07. The minimum Gasteiger partial charge on any atom is -0.480 e. The number of carboxylic acids is 1. The number of carboxylic acid groups (broad SMARTS) is 1. The summed E-state index contributed by atoms with van der Waals surface area (Å²) in [4.78, 5) is 15.5. The molecule has 0 fully saturated rings. The average molecular weight is 361 g/mol. The molecule has 1 rings (SSSR count). The van der Waals surface area contributed by atoms with E-state index in [0.717, 1.165) is 28.1 Å². The lowest BCUT2D eigenvalue weighted by Crippen LogP contribution is -2.49. The van der Waals surface area contributed by atoms with Gasteiger partial charge in [-0.25, -0.2) is 4.98 Å². The quantitative estimate of drug-likeness (QED) is 0.520.